The van der Waals surface area contributed by atoms with Crippen molar-refractivity contribution in [2.45, 2.75) is 26.4 Å². The average molecular weight is 255 g/mol. The van der Waals surface area contributed by atoms with Crippen LogP contribution in [0, 0.1) is 13.8 Å². The number of hydrogen-bond donors (Lipinski definition) is 2. The van der Waals surface area contributed by atoms with Crippen molar-refractivity contribution >= 4 is 0 Å². The van der Waals surface area contributed by atoms with Gasteiger partial charge in [0.15, 0.2) is 0 Å². The van der Waals surface area contributed by atoms with E-state index in [0.29, 0.717) is 0 Å². The zero-order chi connectivity index (χ0) is 13.7. The van der Waals surface area contributed by atoms with E-state index in [4.69, 9.17) is 0 Å². The molecule has 0 aliphatic rings. The molecule has 0 aromatic heterocycles. The lowest BCUT2D eigenvalue weighted by Crippen LogP contribution is -2.24. The SMILES string of the molecule is Cc1cccc(C(CO)NCc2ccccc2)c1C. The van der Waals surface area contributed by atoms with Gasteiger partial charge < -0.3 is 10.4 Å². The van der Waals surface area contributed by atoms with Gasteiger partial charge in [-0.05, 0) is 36.1 Å². The largest absolute Gasteiger partial charge is 0.394 e. The van der Waals surface area contributed by atoms with Crippen LogP contribution in [0.5, 0.6) is 0 Å². The molecular formula is C17H21NO. The lowest BCUT2D eigenvalue weighted by atomic mass is 9.97. The van der Waals surface area contributed by atoms with Crippen molar-refractivity contribution in [3.8, 4) is 0 Å². The summed E-state index contributed by atoms with van der Waals surface area (Å²) in [6.07, 6.45) is 0. The highest BCUT2D eigenvalue weighted by molar-refractivity contribution is 5.35. The van der Waals surface area contributed by atoms with Crippen molar-refractivity contribution in [2.24, 2.45) is 0 Å². The Hall–Kier alpha value is -1.64. The van der Waals surface area contributed by atoms with Gasteiger partial charge in [0.1, 0.15) is 0 Å². The number of aliphatic hydroxyl groups is 1. The summed E-state index contributed by atoms with van der Waals surface area (Å²) in [5, 5.41) is 13.0. The van der Waals surface area contributed by atoms with Gasteiger partial charge >= 0.3 is 0 Å². The standard InChI is InChI=1S/C17H21NO/c1-13-7-6-10-16(14(13)2)17(12-19)18-11-15-8-4-3-5-9-15/h3-10,17-19H,11-12H2,1-2H3. The van der Waals surface area contributed by atoms with E-state index in [-0.39, 0.29) is 12.6 Å². The van der Waals surface area contributed by atoms with Gasteiger partial charge in [-0.1, -0.05) is 48.5 Å². The zero-order valence-electron chi connectivity index (χ0n) is 11.6. The Balaban J connectivity index is 2.10. The van der Waals surface area contributed by atoms with Crippen molar-refractivity contribution in [1.29, 1.82) is 0 Å². The van der Waals surface area contributed by atoms with Crippen LogP contribution in [0.15, 0.2) is 48.5 Å². The molecule has 1 atom stereocenters. The molecule has 19 heavy (non-hydrogen) atoms. The van der Waals surface area contributed by atoms with Gasteiger partial charge in [-0.3, -0.25) is 0 Å². The quantitative estimate of drug-likeness (QED) is 0.860. The molecule has 0 bridgehead atoms. The molecule has 0 aliphatic carbocycles. The molecule has 0 fully saturated rings. The Kier molecular flexibility index (Phi) is 4.72. The molecule has 100 valence electrons. The van der Waals surface area contributed by atoms with E-state index in [1.807, 2.05) is 24.3 Å². The molecule has 2 N–H and O–H groups in total. The molecule has 0 saturated heterocycles. The Morgan fingerprint density at radius 3 is 2.42 bits per heavy atom. The molecule has 0 heterocycles. The van der Waals surface area contributed by atoms with Crippen LogP contribution in [0.1, 0.15) is 28.3 Å². The highest BCUT2D eigenvalue weighted by atomic mass is 16.3. The fourth-order valence-electron chi connectivity index (χ4n) is 2.26. The predicted molar refractivity (Wildman–Crippen MR) is 79.0 cm³/mol. The van der Waals surface area contributed by atoms with Crippen molar-refractivity contribution in [2.75, 3.05) is 6.61 Å². The minimum Gasteiger partial charge on any atom is -0.394 e. The Bertz CT molecular complexity index is 522. The van der Waals surface area contributed by atoms with Crippen LogP contribution in [-0.4, -0.2) is 11.7 Å². The number of rotatable bonds is 5. The fourth-order valence-corrected chi connectivity index (χ4v) is 2.26. The molecule has 0 amide bonds. The van der Waals surface area contributed by atoms with Gasteiger partial charge in [0, 0.05) is 6.54 Å². The minimum absolute atomic E-state index is 0.0138. The predicted octanol–water partition coefficient (Wildman–Crippen LogP) is 3.13. The Labute approximate surface area is 115 Å². The Morgan fingerprint density at radius 1 is 1.00 bits per heavy atom. The first-order valence-corrected chi connectivity index (χ1v) is 6.66. The van der Waals surface area contributed by atoms with Crippen LogP contribution in [0.2, 0.25) is 0 Å². The molecule has 2 nitrogen and oxygen atoms in total. The summed E-state index contributed by atoms with van der Waals surface area (Å²) in [6, 6.07) is 16.5. The monoisotopic (exact) mass is 255 g/mol. The third-order valence-corrected chi connectivity index (χ3v) is 3.60. The topological polar surface area (TPSA) is 32.3 Å². The van der Waals surface area contributed by atoms with Gasteiger partial charge in [0.05, 0.1) is 12.6 Å². The molecule has 2 aromatic rings. The maximum absolute atomic E-state index is 9.61. The zero-order valence-corrected chi connectivity index (χ0v) is 11.6. The lowest BCUT2D eigenvalue weighted by molar-refractivity contribution is 0.243. The highest BCUT2D eigenvalue weighted by Crippen LogP contribution is 2.20. The van der Waals surface area contributed by atoms with E-state index >= 15 is 0 Å². The van der Waals surface area contributed by atoms with Crippen LogP contribution in [0.25, 0.3) is 0 Å². The molecule has 2 rings (SSSR count). The lowest BCUT2D eigenvalue weighted by Gasteiger charge is -2.20. The molecule has 0 aliphatic heterocycles. The van der Waals surface area contributed by atoms with E-state index in [9.17, 15) is 5.11 Å². The van der Waals surface area contributed by atoms with Crippen molar-refractivity contribution in [1.82, 2.24) is 5.32 Å². The van der Waals surface area contributed by atoms with E-state index < -0.39 is 0 Å². The van der Waals surface area contributed by atoms with Crippen molar-refractivity contribution in [3.05, 3.63) is 70.8 Å². The Morgan fingerprint density at radius 2 is 1.74 bits per heavy atom. The van der Waals surface area contributed by atoms with Gasteiger partial charge in [-0.2, -0.15) is 0 Å². The van der Waals surface area contributed by atoms with Crippen LogP contribution < -0.4 is 5.32 Å². The number of aryl methyl sites for hydroxylation is 1. The average Bonchev–Trinajstić information content (AvgIpc) is 2.45. The smallest absolute Gasteiger partial charge is 0.0626 e. The maximum Gasteiger partial charge on any atom is 0.0626 e. The second kappa shape index (κ2) is 6.50. The van der Waals surface area contributed by atoms with Crippen molar-refractivity contribution < 1.29 is 5.11 Å². The first kappa shape index (κ1) is 13.8. The number of nitrogens with one attached hydrogen (secondary N) is 1. The van der Waals surface area contributed by atoms with E-state index in [1.165, 1.54) is 22.3 Å². The van der Waals surface area contributed by atoms with Gasteiger partial charge in [0.2, 0.25) is 0 Å². The van der Waals surface area contributed by atoms with E-state index in [2.05, 4.69) is 43.4 Å². The van der Waals surface area contributed by atoms with Gasteiger partial charge in [-0.25, -0.2) is 0 Å². The van der Waals surface area contributed by atoms with Gasteiger partial charge in [0.25, 0.3) is 0 Å². The summed E-state index contributed by atoms with van der Waals surface area (Å²) in [5.41, 5.74) is 4.92. The van der Waals surface area contributed by atoms with Crippen LogP contribution in [0.4, 0.5) is 0 Å². The fraction of sp³-hybridized carbons (Fsp3) is 0.294. The maximum atomic E-state index is 9.61. The molecule has 0 saturated carbocycles. The third-order valence-electron chi connectivity index (χ3n) is 3.60. The summed E-state index contributed by atoms with van der Waals surface area (Å²) in [4.78, 5) is 0. The number of hydrogen-bond acceptors (Lipinski definition) is 2. The minimum atomic E-state index is -0.0138. The molecule has 2 heteroatoms. The normalized spacial score (nSPS) is 12.4. The van der Waals surface area contributed by atoms with Crippen molar-refractivity contribution in [3.63, 3.8) is 0 Å². The van der Waals surface area contributed by atoms with Gasteiger partial charge in [-0.15, -0.1) is 0 Å². The molecule has 1 unspecified atom stereocenters. The molecular weight excluding hydrogens is 234 g/mol. The third kappa shape index (κ3) is 3.43. The molecule has 2 aromatic carbocycles. The second-order valence-corrected chi connectivity index (χ2v) is 4.89. The van der Waals surface area contributed by atoms with Crippen LogP contribution >= 0.6 is 0 Å². The van der Waals surface area contributed by atoms with E-state index in [1.54, 1.807) is 0 Å². The first-order valence-electron chi connectivity index (χ1n) is 6.66. The van der Waals surface area contributed by atoms with Crippen LogP contribution in [0.3, 0.4) is 0 Å². The summed E-state index contributed by atoms with van der Waals surface area (Å²) in [7, 11) is 0. The highest BCUT2D eigenvalue weighted by Gasteiger charge is 2.12. The number of aliphatic hydroxyl groups excluding tert-OH is 1. The van der Waals surface area contributed by atoms with Crippen LogP contribution in [-0.2, 0) is 6.54 Å². The summed E-state index contributed by atoms with van der Waals surface area (Å²) >= 11 is 0. The summed E-state index contributed by atoms with van der Waals surface area (Å²) in [5.74, 6) is 0. The second-order valence-electron chi connectivity index (χ2n) is 4.89. The summed E-state index contributed by atoms with van der Waals surface area (Å²) < 4.78 is 0. The first-order chi connectivity index (χ1) is 9.22. The molecule has 0 spiro atoms. The molecule has 0 radical (unpaired) electrons. The van der Waals surface area contributed by atoms with E-state index in [0.717, 1.165) is 6.54 Å². The number of benzene rings is 2. The summed E-state index contributed by atoms with van der Waals surface area (Å²) in [6.45, 7) is 5.08.